The number of allylic oxidation sites excluding steroid dienone is 4. The molecule has 140 valence electrons. The van der Waals surface area contributed by atoms with Gasteiger partial charge in [-0.05, 0) is 75.4 Å². The van der Waals surface area contributed by atoms with Crippen molar-refractivity contribution in [1.82, 2.24) is 0 Å². The first-order valence-corrected chi connectivity index (χ1v) is 12.0. The van der Waals surface area contributed by atoms with Gasteiger partial charge in [-0.1, -0.05) is 81.6 Å². The number of hydrogen-bond acceptors (Lipinski definition) is 1. The van der Waals surface area contributed by atoms with Crippen LogP contribution in [-0.2, 0) is 0 Å². The van der Waals surface area contributed by atoms with Crippen LogP contribution in [0.4, 0.5) is 0 Å². The van der Waals surface area contributed by atoms with Crippen molar-refractivity contribution in [2.45, 2.75) is 26.2 Å². The van der Waals surface area contributed by atoms with Crippen molar-refractivity contribution in [1.29, 1.82) is 0 Å². The van der Waals surface area contributed by atoms with E-state index in [2.05, 4.69) is 112 Å². The van der Waals surface area contributed by atoms with Gasteiger partial charge in [0.2, 0.25) is 0 Å². The van der Waals surface area contributed by atoms with E-state index in [9.17, 15) is 0 Å². The molecule has 3 aromatic rings. The van der Waals surface area contributed by atoms with E-state index < -0.39 is 0 Å². The summed E-state index contributed by atoms with van der Waals surface area (Å²) >= 11 is 9.23. The van der Waals surface area contributed by atoms with Crippen LogP contribution in [-0.4, -0.2) is 0 Å². The molecule has 5 rings (SSSR count). The number of rotatable bonds is 3. The van der Waals surface area contributed by atoms with Gasteiger partial charge in [-0.15, -0.1) is 11.3 Å². The van der Waals surface area contributed by atoms with Crippen LogP contribution in [0.25, 0.3) is 16.7 Å². The minimum atomic E-state index is 0.0249. The fourth-order valence-corrected chi connectivity index (χ4v) is 6.25. The predicted molar refractivity (Wildman–Crippen MR) is 128 cm³/mol. The van der Waals surface area contributed by atoms with E-state index >= 15 is 0 Å². The van der Waals surface area contributed by atoms with Gasteiger partial charge in [-0.2, -0.15) is 0 Å². The van der Waals surface area contributed by atoms with E-state index in [-0.39, 0.29) is 5.41 Å². The van der Waals surface area contributed by atoms with E-state index in [1.54, 1.807) is 0 Å². The molecular weight excluding hydrogens is 492 g/mol. The molecule has 1 aromatic heterocycles. The van der Waals surface area contributed by atoms with Gasteiger partial charge in [-0.3, -0.25) is 0 Å². The number of halogens is 2. The zero-order valence-electron chi connectivity index (χ0n) is 15.8. The molecule has 28 heavy (non-hydrogen) atoms. The van der Waals surface area contributed by atoms with Crippen LogP contribution in [0, 0.1) is 5.41 Å². The van der Waals surface area contributed by atoms with Crippen LogP contribution in [0.3, 0.4) is 0 Å². The zero-order chi connectivity index (χ0) is 19.5. The molecule has 0 spiro atoms. The standard InChI is InChI=1S/C25H20Br2S/c1-25(2,16-6-5-15(12-16)23-4-3-11-28-23)24-21-13-17(26)7-9-19(21)20-10-8-18(27)14-22(20)24/h3-5,7-14,24H,6H2,1-2H3. The molecule has 2 aliphatic rings. The maximum atomic E-state index is 3.70. The average Bonchev–Trinajstić information content (AvgIpc) is 3.39. The average molecular weight is 512 g/mol. The highest BCUT2D eigenvalue weighted by Crippen LogP contribution is 2.57. The monoisotopic (exact) mass is 510 g/mol. The van der Waals surface area contributed by atoms with Crippen LogP contribution in [0.5, 0.6) is 0 Å². The van der Waals surface area contributed by atoms with Crippen LogP contribution < -0.4 is 0 Å². The fourth-order valence-electron chi connectivity index (χ4n) is 4.75. The van der Waals surface area contributed by atoms with Gasteiger partial charge in [0.1, 0.15) is 0 Å². The van der Waals surface area contributed by atoms with Gasteiger partial charge in [0.05, 0.1) is 0 Å². The van der Waals surface area contributed by atoms with Crippen molar-refractivity contribution in [3.63, 3.8) is 0 Å². The Morgan fingerprint density at radius 2 is 1.57 bits per heavy atom. The smallest absolute Gasteiger partial charge is 0.0339 e. The summed E-state index contributed by atoms with van der Waals surface area (Å²) in [5.74, 6) is 0.342. The lowest BCUT2D eigenvalue weighted by Gasteiger charge is -2.35. The first-order valence-electron chi connectivity index (χ1n) is 9.49. The molecule has 1 heterocycles. The number of benzene rings is 2. The molecule has 3 heteroatoms. The van der Waals surface area contributed by atoms with E-state index in [0.29, 0.717) is 5.92 Å². The summed E-state index contributed by atoms with van der Waals surface area (Å²) in [6.45, 7) is 4.82. The number of hydrogen-bond donors (Lipinski definition) is 0. The van der Waals surface area contributed by atoms with Crippen LogP contribution >= 0.6 is 43.2 Å². The minimum Gasteiger partial charge on any atom is -0.144 e. The maximum absolute atomic E-state index is 3.70. The summed E-state index contributed by atoms with van der Waals surface area (Å²) < 4.78 is 2.30. The van der Waals surface area contributed by atoms with Crippen molar-refractivity contribution >= 4 is 48.8 Å². The molecule has 2 aromatic carbocycles. The Bertz CT molecular complexity index is 1080. The summed E-state index contributed by atoms with van der Waals surface area (Å²) in [6.07, 6.45) is 5.85. The first-order chi connectivity index (χ1) is 13.4. The Morgan fingerprint density at radius 1 is 0.929 bits per heavy atom. The molecule has 0 aliphatic heterocycles. The quantitative estimate of drug-likeness (QED) is 0.329. The highest BCUT2D eigenvalue weighted by molar-refractivity contribution is 9.10. The lowest BCUT2D eigenvalue weighted by atomic mass is 9.68. The van der Waals surface area contributed by atoms with Gasteiger partial charge < -0.3 is 0 Å². The third kappa shape index (κ3) is 2.91. The Balaban J connectivity index is 1.63. The van der Waals surface area contributed by atoms with Crippen molar-refractivity contribution in [3.8, 4) is 11.1 Å². The van der Waals surface area contributed by atoms with Gasteiger partial charge in [0, 0.05) is 19.7 Å². The summed E-state index contributed by atoms with van der Waals surface area (Å²) in [7, 11) is 0. The second-order valence-electron chi connectivity index (χ2n) is 8.13. The molecule has 0 fully saturated rings. The fraction of sp³-hybridized carbons (Fsp3) is 0.200. The highest BCUT2D eigenvalue weighted by Gasteiger charge is 2.42. The summed E-state index contributed by atoms with van der Waals surface area (Å²) in [5, 5.41) is 2.16. The normalized spacial score (nSPS) is 16.0. The molecule has 2 aliphatic carbocycles. The van der Waals surface area contributed by atoms with Gasteiger partial charge >= 0.3 is 0 Å². The lowest BCUT2D eigenvalue weighted by Crippen LogP contribution is -2.24. The maximum Gasteiger partial charge on any atom is 0.0339 e. The summed E-state index contributed by atoms with van der Waals surface area (Å²) in [6, 6.07) is 17.8. The third-order valence-electron chi connectivity index (χ3n) is 6.17. The summed E-state index contributed by atoms with van der Waals surface area (Å²) in [5.41, 5.74) is 8.51. The van der Waals surface area contributed by atoms with Gasteiger partial charge in [0.15, 0.2) is 0 Å². The van der Waals surface area contributed by atoms with Gasteiger partial charge in [-0.25, -0.2) is 0 Å². The molecule has 0 saturated heterocycles. The minimum absolute atomic E-state index is 0.0249. The van der Waals surface area contributed by atoms with Crippen molar-refractivity contribution in [2.24, 2.45) is 5.41 Å². The van der Waals surface area contributed by atoms with Crippen LogP contribution in [0.2, 0.25) is 0 Å². The topological polar surface area (TPSA) is 0 Å². The molecule has 0 N–H and O–H groups in total. The summed E-state index contributed by atoms with van der Waals surface area (Å²) in [4.78, 5) is 1.36. The van der Waals surface area contributed by atoms with E-state index in [4.69, 9.17) is 0 Å². The van der Waals surface area contributed by atoms with E-state index in [1.807, 2.05) is 11.3 Å². The molecule has 0 saturated carbocycles. The second kappa shape index (κ2) is 6.83. The third-order valence-corrected chi connectivity index (χ3v) is 8.07. The number of fused-ring (bicyclic) bond motifs is 3. The van der Waals surface area contributed by atoms with E-state index in [1.165, 1.54) is 38.3 Å². The Hall–Kier alpha value is -1.42. The molecule has 0 radical (unpaired) electrons. The molecule has 0 amide bonds. The SMILES string of the molecule is CC(C)(C1=CC(c2cccs2)=CC1)C1c2cc(Br)ccc2-c2ccc(Br)cc21. The molecule has 0 atom stereocenters. The van der Waals surface area contributed by atoms with E-state index in [0.717, 1.165) is 15.4 Å². The molecule has 0 unspecified atom stereocenters. The first kappa shape index (κ1) is 18.6. The Labute approximate surface area is 187 Å². The van der Waals surface area contributed by atoms with Crippen molar-refractivity contribution < 1.29 is 0 Å². The second-order valence-corrected chi connectivity index (χ2v) is 10.9. The lowest BCUT2D eigenvalue weighted by molar-refractivity contribution is 0.388. The highest BCUT2D eigenvalue weighted by atomic mass is 79.9. The Kier molecular flexibility index (Phi) is 4.53. The molecular formula is C25H20Br2S. The predicted octanol–water partition coefficient (Wildman–Crippen LogP) is 8.83. The van der Waals surface area contributed by atoms with Crippen LogP contribution in [0.15, 0.2) is 80.6 Å². The van der Waals surface area contributed by atoms with Crippen LogP contribution in [0.1, 0.15) is 42.2 Å². The van der Waals surface area contributed by atoms with Crippen molar-refractivity contribution in [3.05, 3.63) is 96.6 Å². The molecule has 0 nitrogen and oxygen atoms in total. The molecule has 0 bridgehead atoms. The largest absolute Gasteiger partial charge is 0.144 e. The number of thiophene rings is 1. The van der Waals surface area contributed by atoms with Crippen molar-refractivity contribution in [2.75, 3.05) is 0 Å². The van der Waals surface area contributed by atoms with Gasteiger partial charge in [0.25, 0.3) is 0 Å². The zero-order valence-corrected chi connectivity index (χ0v) is 19.8. The Morgan fingerprint density at radius 3 is 2.14 bits per heavy atom.